The van der Waals surface area contributed by atoms with Crippen molar-refractivity contribution in [3.8, 4) is 0 Å². The second kappa shape index (κ2) is 25.8. The lowest BCUT2D eigenvalue weighted by molar-refractivity contribution is -0.873. The summed E-state index contributed by atoms with van der Waals surface area (Å²) in [6.07, 6.45) is 18.9. The Labute approximate surface area is 212 Å². The lowest BCUT2D eigenvalue weighted by atomic mass is 10.0. The molecular formula is C28H60NO5+. The molecule has 0 saturated carbocycles. The molecule has 0 aromatic heterocycles. The maximum absolute atomic E-state index is 9.85. The fourth-order valence-corrected chi connectivity index (χ4v) is 3.96. The summed E-state index contributed by atoms with van der Waals surface area (Å²) in [5.74, 6) is 0. The van der Waals surface area contributed by atoms with Crippen LogP contribution in [0.15, 0.2) is 0 Å². The van der Waals surface area contributed by atoms with E-state index in [1.807, 2.05) is 0 Å². The van der Waals surface area contributed by atoms with Crippen molar-refractivity contribution >= 4 is 0 Å². The normalized spacial score (nSPS) is 13.0. The average molecular weight is 491 g/mol. The Kier molecular flexibility index (Phi) is 25.7. The third-order valence-corrected chi connectivity index (χ3v) is 5.83. The third-order valence-electron chi connectivity index (χ3n) is 5.83. The molecule has 0 aliphatic carbocycles. The van der Waals surface area contributed by atoms with Gasteiger partial charge in [-0.3, -0.25) is 0 Å². The minimum Gasteiger partial charge on any atom is -0.385 e. The van der Waals surface area contributed by atoms with Gasteiger partial charge in [-0.05, 0) is 6.42 Å². The molecule has 0 heterocycles. The summed E-state index contributed by atoms with van der Waals surface area (Å²) in [6.45, 7) is 7.59. The lowest BCUT2D eigenvalue weighted by Crippen LogP contribution is -2.43. The van der Waals surface area contributed by atoms with Crippen LogP contribution in [0.4, 0.5) is 0 Å². The lowest BCUT2D eigenvalue weighted by Gasteiger charge is -2.26. The molecule has 1 unspecified atom stereocenters. The molecule has 0 rings (SSSR count). The molecule has 1 atom stereocenters. The van der Waals surface area contributed by atoms with E-state index in [-0.39, 0.29) is 0 Å². The molecule has 34 heavy (non-hydrogen) atoms. The number of ether oxygens (including phenoxy) is 4. The van der Waals surface area contributed by atoms with Crippen LogP contribution in [-0.2, 0) is 18.9 Å². The molecule has 0 spiro atoms. The number of rotatable bonds is 28. The van der Waals surface area contributed by atoms with Crippen LogP contribution in [0.25, 0.3) is 0 Å². The van der Waals surface area contributed by atoms with Gasteiger partial charge in [0.15, 0.2) is 0 Å². The van der Waals surface area contributed by atoms with Crippen molar-refractivity contribution < 1.29 is 28.5 Å². The highest BCUT2D eigenvalue weighted by atomic mass is 16.6. The Morgan fingerprint density at radius 3 is 1.26 bits per heavy atom. The molecule has 0 saturated heterocycles. The van der Waals surface area contributed by atoms with Gasteiger partial charge < -0.3 is 28.5 Å². The van der Waals surface area contributed by atoms with E-state index in [9.17, 15) is 5.11 Å². The second-order valence-electron chi connectivity index (χ2n) is 10.6. The van der Waals surface area contributed by atoms with Gasteiger partial charge in [-0.2, -0.15) is 0 Å². The van der Waals surface area contributed by atoms with Gasteiger partial charge in [-0.1, -0.05) is 90.4 Å². The van der Waals surface area contributed by atoms with Crippen LogP contribution >= 0.6 is 0 Å². The van der Waals surface area contributed by atoms with Gasteiger partial charge in [-0.25, -0.2) is 0 Å². The molecule has 6 nitrogen and oxygen atoms in total. The van der Waals surface area contributed by atoms with E-state index in [0.29, 0.717) is 52.8 Å². The van der Waals surface area contributed by atoms with Crippen LogP contribution < -0.4 is 0 Å². The maximum Gasteiger partial charge on any atom is 0.126 e. The zero-order chi connectivity index (χ0) is 25.2. The number of nitrogens with zero attached hydrogens (tertiary/aromatic N) is 1. The van der Waals surface area contributed by atoms with Crippen molar-refractivity contribution in [1.82, 2.24) is 0 Å². The number of quaternary nitrogens is 1. The highest BCUT2D eigenvalue weighted by Crippen LogP contribution is 2.12. The number of hydrogen-bond acceptors (Lipinski definition) is 5. The number of aliphatic hydroxyl groups excluding tert-OH is 1. The fourth-order valence-electron chi connectivity index (χ4n) is 3.96. The molecule has 0 aliphatic heterocycles. The van der Waals surface area contributed by atoms with E-state index in [0.717, 1.165) is 17.5 Å². The molecule has 0 bridgehead atoms. The standard InChI is InChI=1S/C28H60NO5/c1-5-6-7-8-9-10-11-12-13-14-15-16-17-18-19-31-20-21-32-22-23-33-24-25-34-27-28(30)26-29(2,3)4/h28,30H,5-27H2,1-4H3/q+1. The fraction of sp³-hybridized carbons (Fsp3) is 1.00. The summed E-state index contributed by atoms with van der Waals surface area (Å²) in [4.78, 5) is 0. The first-order valence-corrected chi connectivity index (χ1v) is 14.2. The molecule has 0 fully saturated rings. The van der Waals surface area contributed by atoms with Crippen molar-refractivity contribution in [3.05, 3.63) is 0 Å². The number of hydrogen-bond donors (Lipinski definition) is 1. The largest absolute Gasteiger partial charge is 0.385 e. The predicted octanol–water partition coefficient (Wildman–Crippen LogP) is 5.60. The van der Waals surface area contributed by atoms with Crippen LogP contribution in [0.5, 0.6) is 0 Å². The third kappa shape index (κ3) is 29.8. The van der Waals surface area contributed by atoms with Crippen molar-refractivity contribution in [3.63, 3.8) is 0 Å². The SMILES string of the molecule is CCCCCCCCCCCCCCCCOCCOCCOCCOCC(O)C[N+](C)(C)C. The van der Waals surface area contributed by atoms with Crippen LogP contribution in [0, 0.1) is 0 Å². The van der Waals surface area contributed by atoms with Crippen LogP contribution in [0.3, 0.4) is 0 Å². The summed E-state index contributed by atoms with van der Waals surface area (Å²) < 4.78 is 22.8. The van der Waals surface area contributed by atoms with Crippen LogP contribution in [0.1, 0.15) is 96.8 Å². The molecular weight excluding hydrogens is 430 g/mol. The van der Waals surface area contributed by atoms with Gasteiger partial charge >= 0.3 is 0 Å². The van der Waals surface area contributed by atoms with E-state index >= 15 is 0 Å². The minimum absolute atomic E-state index is 0.353. The van der Waals surface area contributed by atoms with Crippen LogP contribution in [-0.4, -0.2) is 96.2 Å². The number of unbranched alkanes of at least 4 members (excludes halogenated alkanes) is 13. The first kappa shape index (κ1) is 33.8. The van der Waals surface area contributed by atoms with Gasteiger partial charge in [-0.15, -0.1) is 0 Å². The Morgan fingerprint density at radius 1 is 0.500 bits per heavy atom. The quantitative estimate of drug-likeness (QED) is 0.114. The van der Waals surface area contributed by atoms with E-state index in [1.54, 1.807) is 0 Å². The zero-order valence-electron chi connectivity index (χ0n) is 23.4. The molecule has 6 heteroatoms. The monoisotopic (exact) mass is 490 g/mol. The molecule has 1 N–H and O–H groups in total. The second-order valence-corrected chi connectivity index (χ2v) is 10.6. The maximum atomic E-state index is 9.85. The molecule has 0 radical (unpaired) electrons. The molecule has 0 aliphatic rings. The number of likely N-dealkylation sites (N-methyl/N-ethyl adjacent to an activating group) is 1. The van der Waals surface area contributed by atoms with E-state index in [2.05, 4.69) is 28.1 Å². The Bertz CT molecular complexity index is 389. The molecule has 206 valence electrons. The Hall–Kier alpha value is -0.240. The first-order chi connectivity index (χ1) is 16.5. The van der Waals surface area contributed by atoms with Crippen molar-refractivity contribution in [2.75, 3.05) is 80.5 Å². The predicted molar refractivity (Wildman–Crippen MR) is 142 cm³/mol. The summed E-state index contributed by atoms with van der Waals surface area (Å²) in [5, 5.41) is 9.85. The average Bonchev–Trinajstić information content (AvgIpc) is 2.78. The Morgan fingerprint density at radius 2 is 0.853 bits per heavy atom. The molecule has 0 amide bonds. The summed E-state index contributed by atoms with van der Waals surface area (Å²) in [5.41, 5.74) is 0. The van der Waals surface area contributed by atoms with Gasteiger partial charge in [0.05, 0.1) is 67.4 Å². The van der Waals surface area contributed by atoms with E-state index in [4.69, 9.17) is 18.9 Å². The highest BCUT2D eigenvalue weighted by molar-refractivity contribution is 4.51. The zero-order valence-corrected chi connectivity index (χ0v) is 23.4. The van der Waals surface area contributed by atoms with Gasteiger partial charge in [0, 0.05) is 6.61 Å². The topological polar surface area (TPSA) is 57.2 Å². The van der Waals surface area contributed by atoms with Crippen molar-refractivity contribution in [2.24, 2.45) is 0 Å². The minimum atomic E-state index is -0.437. The Balaban J connectivity index is 3.09. The molecule has 0 aromatic carbocycles. The summed E-state index contributed by atoms with van der Waals surface area (Å²) in [6, 6.07) is 0. The first-order valence-electron chi connectivity index (χ1n) is 14.2. The van der Waals surface area contributed by atoms with Crippen molar-refractivity contribution in [1.29, 1.82) is 0 Å². The number of aliphatic hydroxyl groups is 1. The van der Waals surface area contributed by atoms with E-state index in [1.165, 1.54) is 83.5 Å². The summed E-state index contributed by atoms with van der Waals surface area (Å²) in [7, 11) is 6.16. The van der Waals surface area contributed by atoms with Gasteiger partial charge in [0.1, 0.15) is 12.6 Å². The summed E-state index contributed by atoms with van der Waals surface area (Å²) >= 11 is 0. The van der Waals surface area contributed by atoms with Crippen molar-refractivity contribution in [2.45, 2.75) is 103 Å². The van der Waals surface area contributed by atoms with Gasteiger partial charge in [0.2, 0.25) is 0 Å². The van der Waals surface area contributed by atoms with E-state index < -0.39 is 6.10 Å². The van der Waals surface area contributed by atoms with Crippen LogP contribution in [0.2, 0.25) is 0 Å². The molecule has 0 aromatic rings. The van der Waals surface area contributed by atoms with Gasteiger partial charge in [0.25, 0.3) is 0 Å². The highest BCUT2D eigenvalue weighted by Gasteiger charge is 2.15. The smallest absolute Gasteiger partial charge is 0.126 e.